The number of hydrogen-bond acceptors (Lipinski definition) is 2. The molecule has 2 N–H and O–H groups in total. The van der Waals surface area contributed by atoms with Crippen molar-refractivity contribution in [3.63, 3.8) is 0 Å². The van der Waals surface area contributed by atoms with Gasteiger partial charge in [0.1, 0.15) is 0 Å². The van der Waals surface area contributed by atoms with Crippen LogP contribution in [0.2, 0.25) is 0 Å². The summed E-state index contributed by atoms with van der Waals surface area (Å²) in [5.41, 5.74) is 5.69. The van der Waals surface area contributed by atoms with E-state index in [1.165, 1.54) is 0 Å². The molecule has 0 bridgehead atoms. The first kappa shape index (κ1) is 4.30. The minimum Gasteiger partial charge on any atom is -0.367 e. The molecule has 0 aromatic carbocycles. The lowest BCUT2D eigenvalue weighted by molar-refractivity contribution is -0.117. The van der Waals surface area contributed by atoms with E-state index in [0.717, 1.165) is 5.71 Å². The first-order chi connectivity index (χ1) is 3.22. The van der Waals surface area contributed by atoms with E-state index < -0.39 is 0 Å². The van der Waals surface area contributed by atoms with Crippen LogP contribution in [-0.2, 0) is 4.79 Å². The number of rotatable bonds is 1. The summed E-state index contributed by atoms with van der Waals surface area (Å²) in [5, 5.41) is 0. The van der Waals surface area contributed by atoms with Gasteiger partial charge in [0.25, 0.3) is 0 Å². The fourth-order valence-corrected chi connectivity index (χ4v) is 0.436. The molecule has 0 spiro atoms. The fourth-order valence-electron chi connectivity index (χ4n) is 0.436. The average Bonchev–Trinajstić information content (AvgIpc) is 2.17. The van der Waals surface area contributed by atoms with E-state index in [2.05, 4.69) is 4.99 Å². The lowest BCUT2D eigenvalue weighted by Crippen LogP contribution is -2.20. The molecule has 0 saturated heterocycles. The number of carbonyl (C=O) groups is 1. The second kappa shape index (κ2) is 1.05. The van der Waals surface area contributed by atoms with E-state index in [-0.39, 0.29) is 11.9 Å². The minimum atomic E-state index is -0.336. The van der Waals surface area contributed by atoms with Gasteiger partial charge in [-0.05, 0) is 6.92 Å². The Kier molecular flexibility index (Phi) is 0.648. The van der Waals surface area contributed by atoms with Crippen LogP contribution in [0, 0.1) is 0 Å². The molecule has 3 heteroatoms. The summed E-state index contributed by atoms with van der Waals surface area (Å²) in [6.45, 7) is 1.79. The summed E-state index contributed by atoms with van der Waals surface area (Å²) in [6.07, 6.45) is 0. The zero-order valence-electron chi connectivity index (χ0n) is 4.01. The predicted octanol–water partition coefficient (Wildman–Crippen LogP) is -0.685. The molecule has 7 heavy (non-hydrogen) atoms. The third-order valence-electron chi connectivity index (χ3n) is 0.930. The molecular weight excluding hydrogens is 92.1 g/mol. The van der Waals surface area contributed by atoms with Crippen LogP contribution >= 0.6 is 0 Å². The molecule has 1 aliphatic rings. The molecule has 0 saturated carbocycles. The Morgan fingerprint density at radius 3 is 2.43 bits per heavy atom. The van der Waals surface area contributed by atoms with Crippen LogP contribution in [0.15, 0.2) is 4.99 Å². The molecule has 1 unspecified atom stereocenters. The highest BCUT2D eigenvalue weighted by molar-refractivity contribution is 6.16. The average molecular weight is 98.1 g/mol. The lowest BCUT2D eigenvalue weighted by atomic mass is 10.3. The van der Waals surface area contributed by atoms with Gasteiger partial charge in [0, 0.05) is 5.71 Å². The zero-order chi connectivity index (χ0) is 5.44. The first-order valence-corrected chi connectivity index (χ1v) is 2.05. The Morgan fingerprint density at radius 2 is 2.43 bits per heavy atom. The van der Waals surface area contributed by atoms with Crippen molar-refractivity contribution >= 4 is 11.6 Å². The molecule has 38 valence electrons. The molecule has 0 fully saturated rings. The van der Waals surface area contributed by atoms with Crippen molar-refractivity contribution < 1.29 is 4.79 Å². The standard InChI is InChI=1S/C4H6N2O/c1-2-3(6-2)4(5)7/h3H,1H3,(H2,5,7). The largest absolute Gasteiger partial charge is 0.367 e. The molecule has 1 rings (SSSR count). The van der Waals surface area contributed by atoms with Gasteiger partial charge in [-0.2, -0.15) is 0 Å². The number of nitrogens with two attached hydrogens (primary N) is 1. The Morgan fingerprint density at radius 1 is 2.00 bits per heavy atom. The van der Waals surface area contributed by atoms with Crippen LogP contribution in [0.5, 0.6) is 0 Å². The van der Waals surface area contributed by atoms with E-state index in [1.807, 2.05) is 0 Å². The van der Waals surface area contributed by atoms with Gasteiger partial charge >= 0.3 is 0 Å². The van der Waals surface area contributed by atoms with E-state index in [0.29, 0.717) is 0 Å². The topological polar surface area (TPSA) is 55.4 Å². The second-order valence-corrected chi connectivity index (χ2v) is 1.58. The quantitative estimate of drug-likeness (QED) is 0.464. The van der Waals surface area contributed by atoms with Crippen LogP contribution in [0.3, 0.4) is 0 Å². The van der Waals surface area contributed by atoms with Crippen molar-refractivity contribution in [1.82, 2.24) is 0 Å². The molecule has 0 aromatic rings. The molecule has 1 aliphatic heterocycles. The third-order valence-corrected chi connectivity index (χ3v) is 0.930. The van der Waals surface area contributed by atoms with Crippen LogP contribution in [0.1, 0.15) is 6.92 Å². The van der Waals surface area contributed by atoms with E-state index in [1.54, 1.807) is 6.92 Å². The molecular formula is C4H6N2O. The Labute approximate surface area is 41.2 Å². The number of amides is 1. The number of hydrogen-bond donors (Lipinski definition) is 1. The molecule has 0 aromatic heterocycles. The maximum absolute atomic E-state index is 10.1. The Hall–Kier alpha value is -0.860. The SMILES string of the molecule is CC1=NC1C(N)=O. The van der Waals surface area contributed by atoms with E-state index in [4.69, 9.17) is 5.73 Å². The summed E-state index contributed by atoms with van der Waals surface area (Å²) in [6, 6.07) is -0.250. The Balaban J connectivity index is 2.39. The van der Waals surface area contributed by atoms with Crippen LogP contribution in [0.4, 0.5) is 0 Å². The molecule has 3 nitrogen and oxygen atoms in total. The third kappa shape index (κ3) is 0.607. The normalized spacial score (nSPS) is 26.4. The van der Waals surface area contributed by atoms with Crippen molar-refractivity contribution in [2.24, 2.45) is 10.7 Å². The van der Waals surface area contributed by atoms with Crippen molar-refractivity contribution in [2.45, 2.75) is 13.0 Å². The molecule has 1 amide bonds. The van der Waals surface area contributed by atoms with Gasteiger partial charge in [0.2, 0.25) is 5.91 Å². The van der Waals surface area contributed by atoms with Gasteiger partial charge in [0.05, 0.1) is 0 Å². The van der Waals surface area contributed by atoms with Crippen molar-refractivity contribution in [3.8, 4) is 0 Å². The fraction of sp³-hybridized carbons (Fsp3) is 0.500. The van der Waals surface area contributed by atoms with Crippen molar-refractivity contribution in [3.05, 3.63) is 0 Å². The van der Waals surface area contributed by atoms with Gasteiger partial charge in [-0.1, -0.05) is 0 Å². The predicted molar refractivity (Wildman–Crippen MR) is 26.1 cm³/mol. The van der Waals surface area contributed by atoms with Crippen molar-refractivity contribution in [2.75, 3.05) is 0 Å². The van der Waals surface area contributed by atoms with Crippen LogP contribution in [-0.4, -0.2) is 17.7 Å². The van der Waals surface area contributed by atoms with Gasteiger partial charge in [0.15, 0.2) is 6.04 Å². The maximum atomic E-state index is 10.1. The van der Waals surface area contributed by atoms with Gasteiger partial charge in [-0.15, -0.1) is 0 Å². The zero-order valence-corrected chi connectivity index (χ0v) is 4.01. The number of primary amides is 1. The van der Waals surface area contributed by atoms with E-state index >= 15 is 0 Å². The molecule has 1 atom stereocenters. The molecule has 0 aliphatic carbocycles. The molecule has 1 heterocycles. The number of aliphatic imine (C=N–C) groups is 1. The number of carbonyl (C=O) groups excluding carboxylic acids is 1. The van der Waals surface area contributed by atoms with Crippen LogP contribution in [0.25, 0.3) is 0 Å². The summed E-state index contributed by atoms with van der Waals surface area (Å²) in [7, 11) is 0. The summed E-state index contributed by atoms with van der Waals surface area (Å²) >= 11 is 0. The van der Waals surface area contributed by atoms with E-state index in [9.17, 15) is 4.79 Å². The minimum absolute atomic E-state index is 0.250. The first-order valence-electron chi connectivity index (χ1n) is 2.05. The summed E-state index contributed by atoms with van der Waals surface area (Å²) in [5.74, 6) is -0.336. The highest BCUT2D eigenvalue weighted by atomic mass is 16.1. The van der Waals surface area contributed by atoms with Gasteiger partial charge in [-0.3, -0.25) is 9.79 Å². The summed E-state index contributed by atoms with van der Waals surface area (Å²) in [4.78, 5) is 13.8. The second-order valence-electron chi connectivity index (χ2n) is 1.58. The molecule has 0 radical (unpaired) electrons. The maximum Gasteiger partial charge on any atom is 0.248 e. The highest BCUT2D eigenvalue weighted by Crippen LogP contribution is 2.08. The van der Waals surface area contributed by atoms with Crippen molar-refractivity contribution in [1.29, 1.82) is 0 Å². The monoisotopic (exact) mass is 98.0 g/mol. The number of nitrogens with zero attached hydrogens (tertiary/aromatic N) is 1. The Bertz CT molecular complexity index is 139. The summed E-state index contributed by atoms with van der Waals surface area (Å²) < 4.78 is 0. The van der Waals surface area contributed by atoms with Crippen LogP contribution < -0.4 is 5.73 Å². The highest BCUT2D eigenvalue weighted by Gasteiger charge is 2.27. The lowest BCUT2D eigenvalue weighted by Gasteiger charge is -1.79. The van der Waals surface area contributed by atoms with Gasteiger partial charge < -0.3 is 5.73 Å². The van der Waals surface area contributed by atoms with Gasteiger partial charge in [-0.25, -0.2) is 0 Å². The smallest absolute Gasteiger partial charge is 0.248 e.